The minimum atomic E-state index is -4.43. The first-order chi connectivity index (χ1) is 13.9. The molecular weight excluding hydrogens is 387 g/mol. The van der Waals surface area contributed by atoms with Crippen molar-refractivity contribution in [2.45, 2.75) is 31.5 Å². The average Bonchev–Trinajstić information content (AvgIpc) is 3.35. The van der Waals surface area contributed by atoms with Crippen LogP contribution < -0.4 is 5.32 Å². The van der Waals surface area contributed by atoms with E-state index in [1.165, 1.54) is 10.5 Å². The number of halogens is 3. The van der Waals surface area contributed by atoms with Crippen LogP contribution in [0.25, 0.3) is 5.65 Å². The number of hydrogen-bond donors (Lipinski definition) is 1. The zero-order valence-corrected chi connectivity index (χ0v) is 15.5. The lowest BCUT2D eigenvalue weighted by Gasteiger charge is -2.31. The van der Waals surface area contributed by atoms with Gasteiger partial charge in [-0.15, -0.1) is 10.2 Å². The lowest BCUT2D eigenvalue weighted by atomic mass is 9.97. The average molecular weight is 407 g/mol. The Balaban J connectivity index is 1.43. The van der Waals surface area contributed by atoms with Crippen LogP contribution in [0, 0.1) is 0 Å². The number of carbonyl (C=O) groups is 1. The molecule has 29 heavy (non-hydrogen) atoms. The molecule has 3 aromatic heterocycles. The van der Waals surface area contributed by atoms with Crippen LogP contribution in [-0.2, 0) is 17.5 Å². The molecular formula is C19H20F3N5O2. The van der Waals surface area contributed by atoms with Crippen LogP contribution in [0.3, 0.4) is 0 Å². The Morgan fingerprint density at radius 2 is 2.14 bits per heavy atom. The molecule has 0 radical (unpaired) electrons. The SMILES string of the molecule is O=C(CN1CCCC(c2nnc3ccc(C(F)(F)F)cn23)C1)NCc1ccco1. The summed E-state index contributed by atoms with van der Waals surface area (Å²) in [5.41, 5.74) is -0.364. The Labute approximate surface area is 164 Å². The van der Waals surface area contributed by atoms with E-state index in [1.807, 2.05) is 4.90 Å². The van der Waals surface area contributed by atoms with E-state index in [4.69, 9.17) is 4.42 Å². The Morgan fingerprint density at radius 1 is 1.28 bits per heavy atom. The number of amides is 1. The highest BCUT2D eigenvalue weighted by atomic mass is 19.4. The third-order valence-corrected chi connectivity index (χ3v) is 5.03. The lowest BCUT2D eigenvalue weighted by molar-refractivity contribution is -0.137. The molecule has 1 aliphatic heterocycles. The minimum Gasteiger partial charge on any atom is -0.467 e. The van der Waals surface area contributed by atoms with E-state index < -0.39 is 11.7 Å². The van der Waals surface area contributed by atoms with Crippen LogP contribution in [0.4, 0.5) is 13.2 Å². The molecule has 3 aromatic rings. The van der Waals surface area contributed by atoms with Crippen LogP contribution >= 0.6 is 0 Å². The van der Waals surface area contributed by atoms with Crippen molar-refractivity contribution in [3.63, 3.8) is 0 Å². The predicted octanol–water partition coefficient (Wildman–Crippen LogP) is 2.84. The van der Waals surface area contributed by atoms with E-state index in [2.05, 4.69) is 15.5 Å². The lowest BCUT2D eigenvalue weighted by Crippen LogP contribution is -2.42. The highest BCUT2D eigenvalue weighted by Crippen LogP contribution is 2.31. The van der Waals surface area contributed by atoms with Crippen molar-refractivity contribution in [1.82, 2.24) is 24.8 Å². The van der Waals surface area contributed by atoms with Gasteiger partial charge in [-0.25, -0.2) is 0 Å². The number of carbonyl (C=O) groups excluding carboxylic acids is 1. The number of hydrogen-bond acceptors (Lipinski definition) is 5. The first-order valence-electron chi connectivity index (χ1n) is 9.33. The van der Waals surface area contributed by atoms with Crippen LogP contribution in [0.1, 0.15) is 35.9 Å². The number of rotatable bonds is 5. The number of nitrogens with zero attached hydrogens (tertiary/aromatic N) is 4. The fourth-order valence-electron chi connectivity index (χ4n) is 3.62. The second kappa shape index (κ2) is 7.86. The molecule has 0 spiro atoms. The van der Waals surface area contributed by atoms with Gasteiger partial charge >= 0.3 is 6.18 Å². The standard InChI is InChI=1S/C19H20F3N5O2/c20-19(21,22)14-5-6-16-24-25-18(27(16)11-14)13-3-1-7-26(10-13)12-17(28)23-9-15-4-2-8-29-15/h2,4-6,8,11,13H,1,3,7,9-10,12H2,(H,23,28). The topological polar surface area (TPSA) is 75.7 Å². The molecule has 4 rings (SSSR count). The van der Waals surface area contributed by atoms with Gasteiger partial charge in [0.1, 0.15) is 11.6 Å². The van der Waals surface area contributed by atoms with Gasteiger partial charge in [0.05, 0.1) is 24.9 Å². The fraction of sp³-hybridized carbons (Fsp3) is 0.421. The van der Waals surface area contributed by atoms with Crippen molar-refractivity contribution in [2.24, 2.45) is 0 Å². The second-order valence-electron chi connectivity index (χ2n) is 7.13. The molecule has 7 nitrogen and oxygen atoms in total. The summed E-state index contributed by atoms with van der Waals surface area (Å²) >= 11 is 0. The Kier molecular flexibility index (Phi) is 5.27. The number of likely N-dealkylation sites (tertiary alicyclic amines) is 1. The number of aromatic nitrogens is 3. The Hall–Kier alpha value is -2.88. The molecule has 1 fully saturated rings. The quantitative estimate of drug-likeness (QED) is 0.704. The molecule has 0 saturated carbocycles. The number of fused-ring (bicyclic) bond motifs is 1. The van der Waals surface area contributed by atoms with Crippen LogP contribution in [-0.4, -0.2) is 45.0 Å². The third-order valence-electron chi connectivity index (χ3n) is 5.03. The maximum absolute atomic E-state index is 13.1. The molecule has 154 valence electrons. The fourth-order valence-corrected chi connectivity index (χ4v) is 3.62. The summed E-state index contributed by atoms with van der Waals surface area (Å²) < 4.78 is 45.8. The van der Waals surface area contributed by atoms with Gasteiger partial charge in [0, 0.05) is 18.7 Å². The van der Waals surface area contributed by atoms with Crippen molar-refractivity contribution in [2.75, 3.05) is 19.6 Å². The number of pyridine rings is 1. The summed E-state index contributed by atoms with van der Waals surface area (Å²) in [6.45, 7) is 1.81. The molecule has 1 saturated heterocycles. The Bertz CT molecular complexity index is 984. The number of piperidine rings is 1. The zero-order valence-electron chi connectivity index (χ0n) is 15.5. The first kappa shape index (κ1) is 19.4. The highest BCUT2D eigenvalue weighted by molar-refractivity contribution is 5.77. The van der Waals surface area contributed by atoms with E-state index in [0.29, 0.717) is 30.3 Å². The van der Waals surface area contributed by atoms with Crippen molar-refractivity contribution in [3.05, 3.63) is 53.9 Å². The molecule has 1 unspecified atom stereocenters. The molecule has 1 atom stereocenters. The predicted molar refractivity (Wildman–Crippen MR) is 97.0 cm³/mol. The molecule has 1 aliphatic rings. The molecule has 0 aromatic carbocycles. The number of alkyl halides is 3. The minimum absolute atomic E-state index is 0.0971. The first-order valence-corrected chi connectivity index (χ1v) is 9.33. The maximum Gasteiger partial charge on any atom is 0.417 e. The normalized spacial score (nSPS) is 18.2. The largest absolute Gasteiger partial charge is 0.467 e. The zero-order chi connectivity index (χ0) is 20.4. The summed E-state index contributed by atoms with van der Waals surface area (Å²) in [6, 6.07) is 5.86. The van der Waals surface area contributed by atoms with E-state index in [-0.39, 0.29) is 18.4 Å². The third kappa shape index (κ3) is 4.42. The monoisotopic (exact) mass is 407 g/mol. The van der Waals surface area contributed by atoms with Crippen LogP contribution in [0.5, 0.6) is 0 Å². The highest BCUT2D eigenvalue weighted by Gasteiger charge is 2.32. The van der Waals surface area contributed by atoms with Gasteiger partial charge in [-0.2, -0.15) is 13.2 Å². The van der Waals surface area contributed by atoms with Crippen molar-refractivity contribution in [1.29, 1.82) is 0 Å². The summed E-state index contributed by atoms with van der Waals surface area (Å²) in [5.74, 6) is 0.935. The van der Waals surface area contributed by atoms with E-state index in [9.17, 15) is 18.0 Å². The van der Waals surface area contributed by atoms with Crippen molar-refractivity contribution >= 4 is 11.6 Å². The van der Waals surface area contributed by atoms with E-state index in [1.54, 1.807) is 18.4 Å². The summed E-state index contributed by atoms with van der Waals surface area (Å²) in [5, 5.41) is 10.9. The van der Waals surface area contributed by atoms with Crippen LogP contribution in [0.15, 0.2) is 41.1 Å². The number of furan rings is 1. The molecule has 1 N–H and O–H groups in total. The van der Waals surface area contributed by atoms with Crippen molar-refractivity contribution in [3.8, 4) is 0 Å². The van der Waals surface area contributed by atoms with Crippen molar-refractivity contribution < 1.29 is 22.4 Å². The van der Waals surface area contributed by atoms with Gasteiger partial charge < -0.3 is 9.73 Å². The van der Waals surface area contributed by atoms with Gasteiger partial charge in [0.15, 0.2) is 5.65 Å². The van der Waals surface area contributed by atoms with Crippen LogP contribution in [0.2, 0.25) is 0 Å². The van der Waals surface area contributed by atoms with E-state index in [0.717, 1.165) is 31.6 Å². The molecule has 4 heterocycles. The molecule has 1 amide bonds. The smallest absolute Gasteiger partial charge is 0.417 e. The van der Waals surface area contributed by atoms with E-state index >= 15 is 0 Å². The van der Waals surface area contributed by atoms with Gasteiger partial charge in [-0.05, 0) is 43.7 Å². The maximum atomic E-state index is 13.1. The molecule has 0 aliphatic carbocycles. The summed E-state index contributed by atoms with van der Waals surface area (Å²) in [7, 11) is 0. The van der Waals surface area contributed by atoms with Gasteiger partial charge in [-0.1, -0.05) is 0 Å². The van der Waals surface area contributed by atoms with Gasteiger partial charge in [-0.3, -0.25) is 14.1 Å². The molecule has 0 bridgehead atoms. The number of nitrogens with one attached hydrogen (secondary N) is 1. The Morgan fingerprint density at radius 3 is 2.90 bits per heavy atom. The van der Waals surface area contributed by atoms with Gasteiger partial charge in [0.25, 0.3) is 0 Å². The summed E-state index contributed by atoms with van der Waals surface area (Å²) in [4.78, 5) is 14.2. The molecule has 10 heteroatoms. The summed E-state index contributed by atoms with van der Waals surface area (Å²) in [6.07, 6.45) is -0.241. The second-order valence-corrected chi connectivity index (χ2v) is 7.13. The van der Waals surface area contributed by atoms with Gasteiger partial charge in [0.2, 0.25) is 5.91 Å².